The molecule has 0 aromatic heterocycles. The zero-order valence-electron chi connectivity index (χ0n) is 26.2. The highest BCUT2D eigenvalue weighted by Gasteiger charge is 2.32. The van der Waals surface area contributed by atoms with E-state index in [2.05, 4.69) is 26.6 Å². The van der Waals surface area contributed by atoms with Gasteiger partial charge in [0.05, 0.1) is 12.6 Å². The molecule has 2 rings (SSSR count). The molecule has 4 atom stereocenters. The maximum absolute atomic E-state index is 13.6. The molecular weight excluding hydrogens is 612 g/mol. The van der Waals surface area contributed by atoms with Crippen molar-refractivity contribution in [2.75, 3.05) is 13.1 Å². The topological polar surface area (TPSA) is 246 Å². The number of amides is 5. The Morgan fingerprint density at radius 2 is 1.17 bits per heavy atom. The molecule has 2 aromatic carbocycles. The standard InChI is InChI=1S/C32H42N6O9/c1-19(2)28(32(47)35-17-25(39)34-18-27(42)43)38-31(46)24(16-21-11-7-4-8-12-21)37-30(45)23(13-14-26(40)41)36-29(44)22(33)15-20-9-5-3-6-10-20/h3-12,19,22-24,28H,13-18,33H2,1-2H3,(H,34,39)(H,35,47)(H,36,44)(H,37,45)(H,38,46)(H,40,41)(H,42,43)/t22-,23-,24-,28-/m0/s1. The van der Waals surface area contributed by atoms with Crippen LogP contribution >= 0.6 is 0 Å². The molecule has 5 amide bonds. The zero-order valence-corrected chi connectivity index (χ0v) is 26.2. The summed E-state index contributed by atoms with van der Waals surface area (Å²) in [5.41, 5.74) is 7.52. The van der Waals surface area contributed by atoms with Crippen LogP contribution in [0.25, 0.3) is 0 Å². The van der Waals surface area contributed by atoms with Crippen molar-refractivity contribution < 1.29 is 43.8 Å². The summed E-state index contributed by atoms with van der Waals surface area (Å²) in [5.74, 6) is -6.67. The molecule has 0 bridgehead atoms. The molecule has 0 aliphatic rings. The van der Waals surface area contributed by atoms with E-state index in [4.69, 9.17) is 10.8 Å². The molecule has 0 heterocycles. The lowest BCUT2D eigenvalue weighted by molar-refractivity contribution is -0.138. The molecule has 254 valence electrons. The van der Waals surface area contributed by atoms with Gasteiger partial charge in [0, 0.05) is 12.8 Å². The van der Waals surface area contributed by atoms with Crippen molar-refractivity contribution in [1.82, 2.24) is 26.6 Å². The first-order valence-corrected chi connectivity index (χ1v) is 15.0. The minimum Gasteiger partial charge on any atom is -0.481 e. The Bertz CT molecular complexity index is 1390. The Balaban J connectivity index is 2.21. The summed E-state index contributed by atoms with van der Waals surface area (Å²) in [6.07, 6.45) is -0.600. The number of nitrogens with two attached hydrogens (primary N) is 1. The summed E-state index contributed by atoms with van der Waals surface area (Å²) < 4.78 is 0. The number of nitrogens with one attached hydrogen (secondary N) is 5. The first kappa shape index (κ1) is 37.9. The van der Waals surface area contributed by atoms with Crippen LogP contribution < -0.4 is 32.3 Å². The molecule has 9 N–H and O–H groups in total. The molecule has 0 spiro atoms. The highest BCUT2D eigenvalue weighted by Crippen LogP contribution is 2.09. The smallest absolute Gasteiger partial charge is 0.322 e. The van der Waals surface area contributed by atoms with Crippen LogP contribution in [0.4, 0.5) is 0 Å². The van der Waals surface area contributed by atoms with E-state index in [1.807, 2.05) is 6.07 Å². The lowest BCUT2D eigenvalue weighted by atomic mass is 10.00. The van der Waals surface area contributed by atoms with Crippen LogP contribution in [0, 0.1) is 5.92 Å². The third-order valence-corrected chi connectivity index (χ3v) is 6.94. The first-order chi connectivity index (χ1) is 22.3. The van der Waals surface area contributed by atoms with Gasteiger partial charge in [0.25, 0.3) is 0 Å². The van der Waals surface area contributed by atoms with Crippen molar-refractivity contribution in [2.45, 2.75) is 63.7 Å². The molecular formula is C32H42N6O9. The summed E-state index contributed by atoms with van der Waals surface area (Å²) in [4.78, 5) is 86.8. The second kappa shape index (κ2) is 19.3. The van der Waals surface area contributed by atoms with Crippen molar-refractivity contribution in [1.29, 1.82) is 0 Å². The van der Waals surface area contributed by atoms with Crippen LogP contribution in [-0.4, -0.2) is 88.9 Å². The van der Waals surface area contributed by atoms with Crippen LogP contribution in [-0.2, 0) is 46.4 Å². The van der Waals surface area contributed by atoms with Gasteiger partial charge < -0.3 is 42.5 Å². The van der Waals surface area contributed by atoms with Gasteiger partial charge in [-0.1, -0.05) is 74.5 Å². The van der Waals surface area contributed by atoms with Gasteiger partial charge in [-0.25, -0.2) is 0 Å². The van der Waals surface area contributed by atoms with Crippen molar-refractivity contribution in [3.05, 3.63) is 71.8 Å². The Hall–Kier alpha value is -5.31. The van der Waals surface area contributed by atoms with Crippen molar-refractivity contribution in [2.24, 2.45) is 11.7 Å². The lowest BCUT2D eigenvalue weighted by Crippen LogP contribution is -2.59. The van der Waals surface area contributed by atoms with E-state index < -0.39 is 91.1 Å². The van der Waals surface area contributed by atoms with Crippen LogP contribution in [0.15, 0.2) is 60.7 Å². The van der Waals surface area contributed by atoms with E-state index in [0.717, 1.165) is 5.56 Å². The van der Waals surface area contributed by atoms with E-state index in [9.17, 15) is 38.7 Å². The number of carboxylic acids is 2. The second-order valence-corrected chi connectivity index (χ2v) is 11.2. The fourth-order valence-corrected chi connectivity index (χ4v) is 4.41. The minimum atomic E-state index is -1.35. The van der Waals surface area contributed by atoms with Crippen molar-refractivity contribution >= 4 is 41.5 Å². The summed E-state index contributed by atoms with van der Waals surface area (Å²) in [5, 5.41) is 30.1. The van der Waals surface area contributed by atoms with Gasteiger partial charge in [0.2, 0.25) is 29.5 Å². The summed E-state index contributed by atoms with van der Waals surface area (Å²) in [6, 6.07) is 12.8. The van der Waals surface area contributed by atoms with Gasteiger partial charge in [-0.15, -0.1) is 0 Å². The van der Waals surface area contributed by atoms with Gasteiger partial charge >= 0.3 is 11.9 Å². The lowest BCUT2D eigenvalue weighted by Gasteiger charge is -2.27. The third-order valence-electron chi connectivity index (χ3n) is 6.94. The van der Waals surface area contributed by atoms with Crippen LogP contribution in [0.2, 0.25) is 0 Å². The zero-order chi connectivity index (χ0) is 34.9. The molecule has 0 unspecified atom stereocenters. The highest BCUT2D eigenvalue weighted by atomic mass is 16.4. The average molecular weight is 655 g/mol. The molecule has 0 aliphatic carbocycles. The Morgan fingerprint density at radius 1 is 0.638 bits per heavy atom. The number of hydrogen-bond donors (Lipinski definition) is 8. The molecule has 2 aromatic rings. The number of carboxylic acid groups (broad SMARTS) is 2. The molecule has 15 nitrogen and oxygen atoms in total. The number of aliphatic carboxylic acids is 2. The van der Waals surface area contributed by atoms with E-state index in [0.29, 0.717) is 5.56 Å². The maximum atomic E-state index is 13.6. The van der Waals surface area contributed by atoms with Gasteiger partial charge in [0.1, 0.15) is 24.7 Å². The Morgan fingerprint density at radius 3 is 1.70 bits per heavy atom. The van der Waals surface area contributed by atoms with Gasteiger partial charge in [-0.2, -0.15) is 0 Å². The van der Waals surface area contributed by atoms with E-state index in [1.165, 1.54) is 0 Å². The number of rotatable bonds is 19. The SMILES string of the molecule is CC(C)[C@H](NC(=O)[C@H](Cc1ccccc1)NC(=O)[C@H](CCC(=O)O)NC(=O)[C@@H](N)Cc1ccccc1)C(=O)NCC(=O)NCC(=O)O. The largest absolute Gasteiger partial charge is 0.481 e. The van der Waals surface area contributed by atoms with Crippen molar-refractivity contribution in [3.8, 4) is 0 Å². The highest BCUT2D eigenvalue weighted by molar-refractivity contribution is 5.96. The number of carbonyl (C=O) groups excluding carboxylic acids is 5. The van der Waals surface area contributed by atoms with E-state index in [1.54, 1.807) is 68.4 Å². The first-order valence-electron chi connectivity index (χ1n) is 15.0. The quantitative estimate of drug-likeness (QED) is 0.0927. The van der Waals surface area contributed by atoms with E-state index in [-0.39, 0.29) is 19.3 Å². The Labute approximate surface area is 272 Å². The number of carbonyl (C=O) groups is 7. The normalized spacial score (nSPS) is 13.3. The fourth-order valence-electron chi connectivity index (χ4n) is 4.41. The predicted octanol–water partition coefficient (Wildman–Crippen LogP) is -0.909. The van der Waals surface area contributed by atoms with Crippen LogP contribution in [0.5, 0.6) is 0 Å². The van der Waals surface area contributed by atoms with Crippen molar-refractivity contribution in [3.63, 3.8) is 0 Å². The summed E-state index contributed by atoms with van der Waals surface area (Å²) >= 11 is 0. The molecule has 0 saturated carbocycles. The average Bonchev–Trinajstić information content (AvgIpc) is 3.03. The summed E-state index contributed by atoms with van der Waals surface area (Å²) in [7, 11) is 0. The molecule has 0 aliphatic heterocycles. The minimum absolute atomic E-state index is 0.0183. The van der Waals surface area contributed by atoms with Gasteiger partial charge in [0.15, 0.2) is 0 Å². The molecule has 0 saturated heterocycles. The molecule has 0 radical (unpaired) electrons. The van der Waals surface area contributed by atoms with Gasteiger partial charge in [-0.05, 0) is 29.9 Å². The van der Waals surface area contributed by atoms with E-state index >= 15 is 0 Å². The maximum Gasteiger partial charge on any atom is 0.322 e. The molecule has 15 heteroatoms. The Kier molecular flexibility index (Phi) is 15.5. The number of benzene rings is 2. The van der Waals surface area contributed by atoms with Gasteiger partial charge in [-0.3, -0.25) is 33.6 Å². The number of hydrogen-bond acceptors (Lipinski definition) is 8. The second-order valence-electron chi connectivity index (χ2n) is 11.2. The molecule has 0 fully saturated rings. The summed E-state index contributed by atoms with van der Waals surface area (Å²) in [6.45, 7) is 2.13. The fraction of sp³-hybridized carbons (Fsp3) is 0.406. The predicted molar refractivity (Wildman–Crippen MR) is 169 cm³/mol. The van der Waals surface area contributed by atoms with Crippen LogP contribution in [0.3, 0.4) is 0 Å². The molecule has 47 heavy (non-hydrogen) atoms. The third kappa shape index (κ3) is 14.1. The van der Waals surface area contributed by atoms with Crippen LogP contribution in [0.1, 0.15) is 37.8 Å². The monoisotopic (exact) mass is 654 g/mol.